The molecule has 0 aliphatic carbocycles. The van der Waals surface area contributed by atoms with Gasteiger partial charge in [-0.15, -0.1) is 0 Å². The Bertz CT molecular complexity index is 1110. The van der Waals surface area contributed by atoms with E-state index in [1.54, 1.807) is 11.8 Å². The third kappa shape index (κ3) is 4.45. The number of amides is 1. The molecule has 1 aromatic carbocycles. The molecule has 1 N–H and O–H groups in total. The minimum atomic E-state index is -0.584. The monoisotopic (exact) mass is 452 g/mol. The molecule has 0 fully saturated rings. The number of benzene rings is 1. The molecule has 9 heteroatoms. The number of carbonyl (C=O) groups excluding carboxylic acids is 1. The summed E-state index contributed by atoms with van der Waals surface area (Å²) in [7, 11) is 3.89. The molecule has 0 spiro atoms. The average Bonchev–Trinajstić information content (AvgIpc) is 3.29. The van der Waals surface area contributed by atoms with Gasteiger partial charge in [-0.2, -0.15) is 0 Å². The number of aryl methyl sites for hydroxylation is 1. The van der Waals surface area contributed by atoms with Gasteiger partial charge in [-0.25, -0.2) is 19.2 Å². The number of likely N-dealkylation sites (N-methyl/N-ethyl adjacent to an activating group) is 1. The number of hydrogen-bond acceptors (Lipinski definition) is 7. The second-order valence-corrected chi connectivity index (χ2v) is 9.06. The lowest BCUT2D eigenvalue weighted by Gasteiger charge is -2.35. The highest BCUT2D eigenvalue weighted by Crippen LogP contribution is 2.39. The van der Waals surface area contributed by atoms with E-state index in [1.807, 2.05) is 63.2 Å². The maximum absolute atomic E-state index is 14.4. The molecule has 2 aliphatic rings. The second kappa shape index (κ2) is 8.90. The number of aliphatic imine (C=N–C) groups is 1. The van der Waals surface area contributed by atoms with Crippen LogP contribution in [0.4, 0.5) is 15.0 Å². The standard InChI is InChI=1S/C24H29FN6O2/c1-15-20(25)22(28-14-27-15)29-21-17-12-31(24(2,3)18(17)11-26-21)23(32)33-19(13-30(4)5)16-9-7-6-8-10-16/h6-10,14,19H,11-13H2,1-5H3,(H,26,27,28,29)/t19-/m1/s1. The van der Waals surface area contributed by atoms with E-state index in [1.165, 1.54) is 6.33 Å². The van der Waals surface area contributed by atoms with E-state index in [4.69, 9.17) is 4.74 Å². The summed E-state index contributed by atoms with van der Waals surface area (Å²) in [4.78, 5) is 29.4. The van der Waals surface area contributed by atoms with Crippen LogP contribution in [-0.4, -0.2) is 71.0 Å². The van der Waals surface area contributed by atoms with Crippen molar-refractivity contribution >= 4 is 17.7 Å². The maximum atomic E-state index is 14.4. The summed E-state index contributed by atoms with van der Waals surface area (Å²) in [5.74, 6) is 0.0828. The number of ether oxygens (including phenoxy) is 1. The van der Waals surface area contributed by atoms with Crippen molar-refractivity contribution in [1.29, 1.82) is 0 Å². The number of hydrogen-bond donors (Lipinski definition) is 1. The number of nitrogens with zero attached hydrogens (tertiary/aromatic N) is 5. The van der Waals surface area contributed by atoms with Crippen molar-refractivity contribution in [3.8, 4) is 0 Å². The SMILES string of the molecule is Cc1ncnc(NC2=NCC3=C2CN(C(=O)O[C@H](CN(C)C)c2ccccc2)C3(C)C)c1F. The van der Waals surface area contributed by atoms with E-state index in [0.29, 0.717) is 25.5 Å². The van der Waals surface area contributed by atoms with Gasteiger partial charge >= 0.3 is 6.09 Å². The summed E-state index contributed by atoms with van der Waals surface area (Å²) in [5, 5.41) is 2.99. The fraction of sp³-hybridized carbons (Fsp3) is 0.417. The van der Waals surface area contributed by atoms with Gasteiger partial charge in [0.1, 0.15) is 18.3 Å². The predicted molar refractivity (Wildman–Crippen MR) is 125 cm³/mol. The van der Waals surface area contributed by atoms with E-state index in [9.17, 15) is 9.18 Å². The molecule has 0 bridgehead atoms. The normalized spacial score (nSPS) is 17.8. The molecule has 8 nitrogen and oxygen atoms in total. The number of halogens is 1. The van der Waals surface area contributed by atoms with Crippen LogP contribution in [-0.2, 0) is 4.74 Å². The first-order valence-electron chi connectivity index (χ1n) is 10.9. The quantitative estimate of drug-likeness (QED) is 0.747. The molecular weight excluding hydrogens is 423 g/mol. The Morgan fingerprint density at radius 3 is 2.70 bits per heavy atom. The lowest BCUT2D eigenvalue weighted by atomic mass is 9.94. The molecule has 0 radical (unpaired) electrons. The third-order valence-electron chi connectivity index (χ3n) is 6.14. The number of carbonyl (C=O) groups is 1. The molecule has 0 saturated carbocycles. The Balaban J connectivity index is 1.52. The van der Waals surface area contributed by atoms with Gasteiger partial charge in [-0.05, 0) is 46.0 Å². The lowest BCUT2D eigenvalue weighted by Crippen LogP contribution is -2.47. The van der Waals surface area contributed by atoms with Gasteiger partial charge in [0.05, 0.1) is 24.3 Å². The van der Waals surface area contributed by atoms with Gasteiger partial charge in [-0.1, -0.05) is 30.3 Å². The lowest BCUT2D eigenvalue weighted by molar-refractivity contribution is 0.0383. The summed E-state index contributed by atoms with van der Waals surface area (Å²) in [6, 6.07) is 9.73. The van der Waals surface area contributed by atoms with E-state index < -0.39 is 23.6 Å². The Hall–Kier alpha value is -3.33. The van der Waals surface area contributed by atoms with E-state index in [2.05, 4.69) is 20.3 Å². The summed E-state index contributed by atoms with van der Waals surface area (Å²) < 4.78 is 20.4. The number of aromatic nitrogens is 2. The van der Waals surface area contributed by atoms with Crippen molar-refractivity contribution in [3.63, 3.8) is 0 Å². The largest absolute Gasteiger partial charge is 0.440 e. The molecule has 3 heterocycles. The fourth-order valence-corrected chi connectivity index (χ4v) is 4.20. The average molecular weight is 453 g/mol. The molecule has 2 aliphatic heterocycles. The molecule has 174 valence electrons. The molecule has 1 aromatic heterocycles. The van der Waals surface area contributed by atoms with Crippen LogP contribution in [0.15, 0.2) is 52.8 Å². The molecule has 0 saturated heterocycles. The first-order valence-corrected chi connectivity index (χ1v) is 10.9. The second-order valence-electron chi connectivity index (χ2n) is 9.06. The highest BCUT2D eigenvalue weighted by Gasteiger charge is 2.46. The van der Waals surface area contributed by atoms with E-state index >= 15 is 0 Å². The molecule has 1 amide bonds. The van der Waals surface area contributed by atoms with Gasteiger partial charge < -0.3 is 15.0 Å². The molecule has 2 aromatic rings. The summed E-state index contributed by atoms with van der Waals surface area (Å²) in [6.07, 6.45) is 0.514. The van der Waals surface area contributed by atoms with Crippen LogP contribution in [0, 0.1) is 12.7 Å². The van der Waals surface area contributed by atoms with Crippen LogP contribution in [0.2, 0.25) is 0 Å². The molecular formula is C24H29FN6O2. The van der Waals surface area contributed by atoms with Crippen molar-refractivity contribution in [2.24, 2.45) is 4.99 Å². The molecule has 33 heavy (non-hydrogen) atoms. The first kappa shape index (κ1) is 22.8. The van der Waals surface area contributed by atoms with Crippen molar-refractivity contribution in [1.82, 2.24) is 19.8 Å². The minimum Gasteiger partial charge on any atom is -0.440 e. The Morgan fingerprint density at radius 1 is 1.27 bits per heavy atom. The van der Waals surface area contributed by atoms with Crippen LogP contribution >= 0.6 is 0 Å². The van der Waals surface area contributed by atoms with Gasteiger partial charge in [0.2, 0.25) is 0 Å². The van der Waals surface area contributed by atoms with Crippen LogP contribution in [0.25, 0.3) is 0 Å². The zero-order valence-electron chi connectivity index (χ0n) is 19.6. The number of anilines is 1. The fourth-order valence-electron chi connectivity index (χ4n) is 4.20. The zero-order chi connectivity index (χ0) is 23.8. The van der Waals surface area contributed by atoms with Crippen LogP contribution in [0.3, 0.4) is 0 Å². The summed E-state index contributed by atoms with van der Waals surface area (Å²) in [5.41, 5.74) is 2.49. The first-order chi connectivity index (χ1) is 15.7. The number of nitrogens with one attached hydrogen (secondary N) is 1. The number of rotatable bonds is 5. The summed E-state index contributed by atoms with van der Waals surface area (Å²) >= 11 is 0. The van der Waals surface area contributed by atoms with E-state index in [-0.39, 0.29) is 11.5 Å². The molecule has 1 atom stereocenters. The van der Waals surface area contributed by atoms with E-state index in [0.717, 1.165) is 16.7 Å². The van der Waals surface area contributed by atoms with Gasteiger partial charge in [0.15, 0.2) is 11.6 Å². The summed E-state index contributed by atoms with van der Waals surface area (Å²) in [6.45, 7) is 6.86. The van der Waals surface area contributed by atoms with Gasteiger partial charge in [0, 0.05) is 12.1 Å². The zero-order valence-corrected chi connectivity index (χ0v) is 19.6. The Labute approximate surface area is 193 Å². The van der Waals surface area contributed by atoms with Crippen molar-refractivity contribution < 1.29 is 13.9 Å². The topological polar surface area (TPSA) is 83.0 Å². The smallest absolute Gasteiger partial charge is 0.411 e. The molecule has 4 rings (SSSR count). The predicted octanol–water partition coefficient (Wildman–Crippen LogP) is 3.58. The Morgan fingerprint density at radius 2 is 2.00 bits per heavy atom. The number of amidine groups is 1. The third-order valence-corrected chi connectivity index (χ3v) is 6.14. The van der Waals surface area contributed by atoms with Crippen LogP contribution < -0.4 is 5.32 Å². The Kier molecular flexibility index (Phi) is 6.16. The highest BCUT2D eigenvalue weighted by atomic mass is 19.1. The van der Waals surface area contributed by atoms with Crippen molar-refractivity contribution in [2.45, 2.75) is 32.4 Å². The van der Waals surface area contributed by atoms with Gasteiger partial charge in [0.25, 0.3) is 0 Å². The maximum Gasteiger partial charge on any atom is 0.411 e. The molecule has 0 unspecified atom stereocenters. The highest BCUT2D eigenvalue weighted by molar-refractivity contribution is 6.11. The van der Waals surface area contributed by atoms with Crippen molar-refractivity contribution in [2.75, 3.05) is 39.0 Å². The van der Waals surface area contributed by atoms with Crippen LogP contribution in [0.1, 0.15) is 31.2 Å². The minimum absolute atomic E-state index is 0.0731. The van der Waals surface area contributed by atoms with Crippen molar-refractivity contribution in [3.05, 3.63) is 64.9 Å². The van der Waals surface area contributed by atoms with Gasteiger partial charge in [-0.3, -0.25) is 9.89 Å². The van der Waals surface area contributed by atoms with Crippen LogP contribution in [0.5, 0.6) is 0 Å².